The van der Waals surface area contributed by atoms with E-state index in [1.54, 1.807) is 0 Å². The predicted molar refractivity (Wildman–Crippen MR) is 69.4 cm³/mol. The van der Waals surface area contributed by atoms with Gasteiger partial charge >= 0.3 is 6.36 Å². The van der Waals surface area contributed by atoms with Crippen LogP contribution in [0.5, 0.6) is 11.6 Å². The summed E-state index contributed by atoms with van der Waals surface area (Å²) in [6.07, 6.45) is -4.72. The molecule has 21 heavy (non-hydrogen) atoms. The van der Waals surface area contributed by atoms with Gasteiger partial charge in [0.05, 0.1) is 7.11 Å². The number of benzene rings is 1. The molecule has 3 N–H and O–H groups in total. The molecule has 1 aromatic carbocycles. The van der Waals surface area contributed by atoms with Crippen LogP contribution in [0.25, 0.3) is 0 Å². The summed E-state index contributed by atoms with van der Waals surface area (Å²) in [6, 6.07) is 6.67. The van der Waals surface area contributed by atoms with Gasteiger partial charge in [-0.3, -0.25) is 0 Å². The molecule has 0 aliphatic carbocycles. The summed E-state index contributed by atoms with van der Waals surface area (Å²) >= 11 is 0. The predicted octanol–water partition coefficient (Wildman–Crippen LogP) is 2.71. The molecule has 1 heterocycles. The molecule has 0 radical (unpaired) electrons. The minimum Gasteiger partial charge on any atom is -0.481 e. The number of halogens is 3. The molecule has 2 aromatic rings. The zero-order chi connectivity index (χ0) is 15.5. The number of anilines is 3. The number of nitrogens with zero attached hydrogens (tertiary/aromatic N) is 2. The first-order valence-electron chi connectivity index (χ1n) is 5.67. The first-order valence-corrected chi connectivity index (χ1v) is 5.67. The van der Waals surface area contributed by atoms with E-state index in [9.17, 15) is 13.2 Å². The van der Waals surface area contributed by atoms with Gasteiger partial charge in [0.25, 0.3) is 0 Å². The smallest absolute Gasteiger partial charge is 0.481 e. The largest absolute Gasteiger partial charge is 0.573 e. The van der Waals surface area contributed by atoms with E-state index in [4.69, 9.17) is 10.5 Å². The lowest BCUT2D eigenvalue weighted by molar-refractivity contribution is -0.274. The number of rotatable bonds is 4. The molecule has 1 aromatic heterocycles. The van der Waals surface area contributed by atoms with Crippen molar-refractivity contribution < 1.29 is 22.6 Å². The third-order valence-corrected chi connectivity index (χ3v) is 2.29. The number of aromatic nitrogens is 2. The van der Waals surface area contributed by atoms with Gasteiger partial charge < -0.3 is 20.5 Å². The number of hydrogen-bond acceptors (Lipinski definition) is 6. The van der Waals surface area contributed by atoms with Gasteiger partial charge in [0.2, 0.25) is 11.8 Å². The van der Waals surface area contributed by atoms with Crippen molar-refractivity contribution in [1.82, 2.24) is 9.97 Å². The number of nitrogen functional groups attached to an aromatic ring is 1. The third-order valence-electron chi connectivity index (χ3n) is 2.29. The van der Waals surface area contributed by atoms with E-state index in [1.165, 1.54) is 37.4 Å². The van der Waals surface area contributed by atoms with E-state index >= 15 is 0 Å². The standard InChI is InChI=1S/C12H11F3N4O2/c1-20-10-6-9(18-11(16)19-10)17-7-2-4-8(5-3-7)21-12(13,14)15/h2-6H,1H3,(H3,16,17,18,19). The van der Waals surface area contributed by atoms with E-state index in [0.717, 1.165) is 0 Å². The topological polar surface area (TPSA) is 82.3 Å². The second-order valence-corrected chi connectivity index (χ2v) is 3.85. The van der Waals surface area contributed by atoms with Crippen LogP contribution in [0.2, 0.25) is 0 Å². The molecule has 0 unspecified atom stereocenters. The Kier molecular flexibility index (Phi) is 4.01. The van der Waals surface area contributed by atoms with Gasteiger partial charge in [0.1, 0.15) is 11.6 Å². The molecule has 2 rings (SSSR count). The molecule has 0 fully saturated rings. The molecule has 112 valence electrons. The van der Waals surface area contributed by atoms with E-state index in [2.05, 4.69) is 20.0 Å². The quantitative estimate of drug-likeness (QED) is 0.903. The summed E-state index contributed by atoms with van der Waals surface area (Å²) < 4.78 is 44.8. The molecule has 0 aliphatic heterocycles. The van der Waals surface area contributed by atoms with E-state index < -0.39 is 6.36 Å². The van der Waals surface area contributed by atoms with Crippen LogP contribution in [0.15, 0.2) is 30.3 Å². The fourth-order valence-electron chi connectivity index (χ4n) is 1.50. The van der Waals surface area contributed by atoms with Gasteiger partial charge in [-0.05, 0) is 24.3 Å². The molecule has 0 atom stereocenters. The number of hydrogen-bond donors (Lipinski definition) is 2. The van der Waals surface area contributed by atoms with Gasteiger partial charge in [-0.25, -0.2) is 0 Å². The van der Waals surface area contributed by atoms with Crippen molar-refractivity contribution in [3.63, 3.8) is 0 Å². The van der Waals surface area contributed by atoms with E-state index in [-0.39, 0.29) is 17.6 Å². The van der Waals surface area contributed by atoms with Crippen molar-refractivity contribution >= 4 is 17.5 Å². The van der Waals surface area contributed by atoms with Crippen LogP contribution < -0.4 is 20.5 Å². The Labute approximate surface area is 117 Å². The summed E-state index contributed by atoms with van der Waals surface area (Å²) in [4.78, 5) is 7.73. The minimum atomic E-state index is -4.72. The van der Waals surface area contributed by atoms with Crippen molar-refractivity contribution in [3.8, 4) is 11.6 Å². The van der Waals surface area contributed by atoms with Crippen molar-refractivity contribution in [1.29, 1.82) is 0 Å². The Morgan fingerprint density at radius 1 is 1.14 bits per heavy atom. The highest BCUT2D eigenvalue weighted by molar-refractivity contribution is 5.58. The monoisotopic (exact) mass is 300 g/mol. The van der Waals surface area contributed by atoms with Crippen molar-refractivity contribution in [2.75, 3.05) is 18.2 Å². The molecule has 0 spiro atoms. The van der Waals surface area contributed by atoms with Crippen molar-refractivity contribution in [2.45, 2.75) is 6.36 Å². The molecular weight excluding hydrogens is 289 g/mol. The number of ether oxygens (including phenoxy) is 2. The summed E-state index contributed by atoms with van der Waals surface area (Å²) in [5.74, 6) is 0.313. The SMILES string of the molecule is COc1cc(Nc2ccc(OC(F)(F)F)cc2)nc(N)n1. The molecule has 0 bridgehead atoms. The lowest BCUT2D eigenvalue weighted by Gasteiger charge is -2.10. The van der Waals surface area contributed by atoms with Crippen molar-refractivity contribution in [2.24, 2.45) is 0 Å². The summed E-state index contributed by atoms with van der Waals surface area (Å²) in [5.41, 5.74) is 6.00. The number of nitrogens with one attached hydrogen (secondary N) is 1. The normalized spacial score (nSPS) is 11.0. The highest BCUT2D eigenvalue weighted by Crippen LogP contribution is 2.25. The van der Waals surface area contributed by atoms with E-state index in [1.807, 2.05) is 0 Å². The van der Waals surface area contributed by atoms with Gasteiger partial charge in [-0.2, -0.15) is 9.97 Å². The summed E-state index contributed by atoms with van der Waals surface area (Å²) in [7, 11) is 1.43. The summed E-state index contributed by atoms with van der Waals surface area (Å²) in [6.45, 7) is 0. The van der Waals surface area contributed by atoms with Crippen molar-refractivity contribution in [3.05, 3.63) is 30.3 Å². The lowest BCUT2D eigenvalue weighted by Crippen LogP contribution is -2.16. The average Bonchev–Trinajstić information content (AvgIpc) is 2.38. The van der Waals surface area contributed by atoms with Crippen LogP contribution in [-0.2, 0) is 0 Å². The molecule has 0 aliphatic rings. The number of alkyl halides is 3. The molecule has 0 saturated heterocycles. The Morgan fingerprint density at radius 2 is 1.81 bits per heavy atom. The zero-order valence-electron chi connectivity index (χ0n) is 10.8. The van der Waals surface area contributed by atoms with Gasteiger partial charge in [-0.1, -0.05) is 0 Å². The second-order valence-electron chi connectivity index (χ2n) is 3.85. The van der Waals surface area contributed by atoms with Crippen LogP contribution in [0, 0.1) is 0 Å². The maximum absolute atomic E-state index is 12.0. The minimum absolute atomic E-state index is 0.00822. The lowest BCUT2D eigenvalue weighted by atomic mass is 10.3. The van der Waals surface area contributed by atoms with Crippen LogP contribution in [0.3, 0.4) is 0 Å². The molecule has 0 saturated carbocycles. The number of methoxy groups -OCH3 is 1. The Morgan fingerprint density at radius 3 is 2.38 bits per heavy atom. The highest BCUT2D eigenvalue weighted by atomic mass is 19.4. The first kappa shape index (κ1) is 14.7. The fraction of sp³-hybridized carbons (Fsp3) is 0.167. The zero-order valence-corrected chi connectivity index (χ0v) is 10.8. The van der Waals surface area contributed by atoms with Crippen LogP contribution in [-0.4, -0.2) is 23.4 Å². The first-order chi connectivity index (χ1) is 9.85. The fourth-order valence-corrected chi connectivity index (χ4v) is 1.50. The van der Waals surface area contributed by atoms with Crippen LogP contribution in [0.1, 0.15) is 0 Å². The Hall–Kier alpha value is -2.71. The highest BCUT2D eigenvalue weighted by Gasteiger charge is 2.30. The van der Waals surface area contributed by atoms with Gasteiger partial charge in [-0.15, -0.1) is 13.2 Å². The molecular formula is C12H11F3N4O2. The summed E-state index contributed by atoms with van der Waals surface area (Å²) in [5, 5.41) is 2.86. The average molecular weight is 300 g/mol. The number of nitrogens with two attached hydrogens (primary N) is 1. The van der Waals surface area contributed by atoms with Crippen LogP contribution in [0.4, 0.5) is 30.6 Å². The van der Waals surface area contributed by atoms with Gasteiger partial charge in [0, 0.05) is 11.8 Å². The Balaban J connectivity index is 2.11. The van der Waals surface area contributed by atoms with E-state index in [0.29, 0.717) is 11.5 Å². The van der Waals surface area contributed by atoms with Crippen LogP contribution >= 0.6 is 0 Å². The maximum Gasteiger partial charge on any atom is 0.573 e. The molecule has 9 heteroatoms. The molecule has 6 nitrogen and oxygen atoms in total. The third kappa shape index (κ3) is 4.41. The second kappa shape index (κ2) is 5.73. The van der Waals surface area contributed by atoms with Gasteiger partial charge in [0.15, 0.2) is 0 Å². The molecule has 0 amide bonds. The maximum atomic E-state index is 12.0. The Bertz CT molecular complexity index is 617.